The maximum Gasteiger partial charge on any atom is 0.266 e. The van der Waals surface area contributed by atoms with Gasteiger partial charge >= 0.3 is 0 Å². The van der Waals surface area contributed by atoms with E-state index < -0.39 is 11.6 Å². The van der Waals surface area contributed by atoms with Gasteiger partial charge in [0, 0.05) is 11.3 Å². The van der Waals surface area contributed by atoms with Crippen LogP contribution in [0.5, 0.6) is 0 Å². The molecule has 1 heterocycles. The lowest BCUT2D eigenvalue weighted by Crippen LogP contribution is -2.29. The van der Waals surface area contributed by atoms with Crippen LogP contribution in [0.4, 0.5) is 10.1 Å². The van der Waals surface area contributed by atoms with Gasteiger partial charge in [-0.25, -0.2) is 4.39 Å². The molecule has 2 nitrogen and oxygen atoms in total. The Kier molecular flexibility index (Phi) is 2.02. The zero-order valence-corrected chi connectivity index (χ0v) is 8.01. The molecule has 1 atom stereocenters. The van der Waals surface area contributed by atoms with Crippen molar-refractivity contribution in [3.63, 3.8) is 0 Å². The number of nitrogens with one attached hydrogen (secondary N) is 1. The summed E-state index contributed by atoms with van der Waals surface area (Å²) in [5.74, 6) is -0.527. The van der Waals surface area contributed by atoms with Crippen LogP contribution in [-0.4, -0.2) is 5.91 Å². The molecule has 0 saturated heterocycles. The summed E-state index contributed by atoms with van der Waals surface area (Å²) in [5.41, 5.74) is -0.731. The zero-order chi connectivity index (χ0) is 10.2. The van der Waals surface area contributed by atoms with Gasteiger partial charge in [-0.3, -0.25) is 4.79 Å². The average Bonchev–Trinajstić information content (AvgIpc) is 2.41. The fraction of sp³-hybridized carbons (Fsp3) is 0.364. The van der Waals surface area contributed by atoms with Crippen molar-refractivity contribution in [2.45, 2.75) is 25.4 Å². The van der Waals surface area contributed by atoms with Crippen LogP contribution in [0.25, 0.3) is 0 Å². The smallest absolute Gasteiger partial charge is 0.266 e. The van der Waals surface area contributed by atoms with Crippen LogP contribution in [0, 0.1) is 0 Å². The van der Waals surface area contributed by atoms with Crippen LogP contribution in [0.15, 0.2) is 24.3 Å². The largest absolute Gasteiger partial charge is 0.323 e. The average molecular weight is 193 g/mol. The van der Waals surface area contributed by atoms with Crippen molar-refractivity contribution in [3.8, 4) is 0 Å². The Balaban J connectivity index is 2.48. The quantitative estimate of drug-likeness (QED) is 0.768. The van der Waals surface area contributed by atoms with Crippen LogP contribution < -0.4 is 5.32 Å². The Morgan fingerprint density at radius 3 is 2.86 bits per heavy atom. The van der Waals surface area contributed by atoms with E-state index in [1.165, 1.54) is 0 Å². The summed E-state index contributed by atoms with van der Waals surface area (Å²) in [6.07, 6.45) is 0.897. The molecule has 0 spiro atoms. The minimum Gasteiger partial charge on any atom is -0.323 e. The van der Waals surface area contributed by atoms with Crippen LogP contribution >= 0.6 is 0 Å². The van der Waals surface area contributed by atoms with Gasteiger partial charge in [-0.05, 0) is 12.5 Å². The molecular weight excluding hydrogens is 181 g/mol. The van der Waals surface area contributed by atoms with Crippen molar-refractivity contribution in [3.05, 3.63) is 29.8 Å². The van der Waals surface area contributed by atoms with Gasteiger partial charge in [0.15, 0.2) is 0 Å². The third-order valence-electron chi connectivity index (χ3n) is 2.56. The molecule has 0 fully saturated rings. The first-order chi connectivity index (χ1) is 6.68. The first-order valence-corrected chi connectivity index (χ1v) is 4.78. The maximum absolute atomic E-state index is 14.3. The third-order valence-corrected chi connectivity index (χ3v) is 2.56. The first-order valence-electron chi connectivity index (χ1n) is 4.78. The molecule has 14 heavy (non-hydrogen) atoms. The topological polar surface area (TPSA) is 29.1 Å². The number of carbonyl (C=O) groups excluding carboxylic acids is 1. The Hall–Kier alpha value is -1.38. The molecule has 1 aromatic rings. The van der Waals surface area contributed by atoms with E-state index in [1.807, 2.05) is 6.92 Å². The predicted molar refractivity (Wildman–Crippen MR) is 52.8 cm³/mol. The van der Waals surface area contributed by atoms with Gasteiger partial charge in [-0.1, -0.05) is 31.5 Å². The van der Waals surface area contributed by atoms with E-state index in [9.17, 15) is 9.18 Å². The highest BCUT2D eigenvalue weighted by Gasteiger charge is 2.46. The van der Waals surface area contributed by atoms with Gasteiger partial charge in [0.25, 0.3) is 5.91 Å². The number of halogens is 1. The number of rotatable bonds is 2. The highest BCUT2D eigenvalue weighted by Crippen LogP contribution is 2.41. The Labute approximate surface area is 82.1 Å². The van der Waals surface area contributed by atoms with Crippen LogP contribution in [0.3, 0.4) is 0 Å². The number of hydrogen-bond donors (Lipinski definition) is 1. The molecule has 1 amide bonds. The van der Waals surface area contributed by atoms with Crippen molar-refractivity contribution in [1.29, 1.82) is 0 Å². The Bertz CT molecular complexity index is 377. The summed E-state index contributed by atoms with van der Waals surface area (Å²) < 4.78 is 14.3. The summed E-state index contributed by atoms with van der Waals surface area (Å²) in [5, 5.41) is 2.56. The summed E-state index contributed by atoms with van der Waals surface area (Å²) in [7, 11) is 0. The standard InChI is InChI=1S/C11H12FNO/c1-2-7-11(12)8-5-3-4-6-9(8)13-10(11)14/h3-6H,2,7H2,1H3,(H,13,14). The SMILES string of the molecule is CCCC1(F)C(=O)Nc2ccccc21. The molecule has 74 valence electrons. The number of fused-ring (bicyclic) bond motifs is 1. The summed E-state index contributed by atoms with van der Waals surface area (Å²) in [6, 6.07) is 6.94. The lowest BCUT2D eigenvalue weighted by molar-refractivity contribution is -0.127. The normalized spacial score (nSPS) is 24.6. The van der Waals surface area contributed by atoms with Gasteiger partial charge in [0.1, 0.15) is 0 Å². The van der Waals surface area contributed by atoms with Gasteiger partial charge in [-0.2, -0.15) is 0 Å². The molecular formula is C11H12FNO. The third kappa shape index (κ3) is 1.12. The second kappa shape index (κ2) is 3.08. The van der Waals surface area contributed by atoms with Crippen LogP contribution in [-0.2, 0) is 10.5 Å². The molecule has 3 heteroatoms. The van der Waals surface area contributed by atoms with Gasteiger partial charge in [0.2, 0.25) is 5.67 Å². The second-order valence-corrected chi connectivity index (χ2v) is 3.55. The van der Waals surface area contributed by atoms with Crippen molar-refractivity contribution in [2.75, 3.05) is 5.32 Å². The zero-order valence-electron chi connectivity index (χ0n) is 8.01. The minimum atomic E-state index is -1.81. The van der Waals surface area contributed by atoms with Crippen molar-refractivity contribution >= 4 is 11.6 Å². The van der Waals surface area contributed by atoms with Crippen LogP contribution in [0.1, 0.15) is 25.3 Å². The van der Waals surface area contributed by atoms with Gasteiger partial charge in [-0.15, -0.1) is 0 Å². The molecule has 1 unspecified atom stereocenters. The number of benzene rings is 1. The van der Waals surface area contributed by atoms with E-state index in [4.69, 9.17) is 0 Å². The molecule has 1 aliphatic rings. The second-order valence-electron chi connectivity index (χ2n) is 3.55. The maximum atomic E-state index is 14.3. The van der Waals surface area contributed by atoms with Crippen molar-refractivity contribution in [1.82, 2.24) is 0 Å². The Morgan fingerprint density at radius 1 is 1.43 bits per heavy atom. The summed E-state index contributed by atoms with van der Waals surface area (Å²) in [4.78, 5) is 11.5. The van der Waals surface area contributed by atoms with E-state index in [-0.39, 0.29) is 6.42 Å². The fourth-order valence-corrected chi connectivity index (χ4v) is 1.87. The molecule has 0 aromatic heterocycles. The number of para-hydroxylation sites is 1. The molecule has 0 saturated carbocycles. The molecule has 1 aliphatic heterocycles. The number of amides is 1. The van der Waals surface area contributed by atoms with Gasteiger partial charge in [0.05, 0.1) is 0 Å². The van der Waals surface area contributed by atoms with E-state index in [1.54, 1.807) is 24.3 Å². The number of hydrogen-bond acceptors (Lipinski definition) is 1. The number of anilines is 1. The highest BCUT2D eigenvalue weighted by molar-refractivity contribution is 6.04. The van der Waals surface area contributed by atoms with Crippen molar-refractivity contribution in [2.24, 2.45) is 0 Å². The van der Waals surface area contributed by atoms with E-state index >= 15 is 0 Å². The molecule has 1 aromatic carbocycles. The van der Waals surface area contributed by atoms with E-state index in [2.05, 4.69) is 5.32 Å². The van der Waals surface area contributed by atoms with Crippen LogP contribution in [0.2, 0.25) is 0 Å². The lowest BCUT2D eigenvalue weighted by atomic mass is 9.93. The molecule has 1 N–H and O–H groups in total. The monoisotopic (exact) mass is 193 g/mol. The van der Waals surface area contributed by atoms with Gasteiger partial charge < -0.3 is 5.32 Å². The molecule has 0 radical (unpaired) electrons. The first kappa shape index (κ1) is 9.19. The predicted octanol–water partition coefficient (Wildman–Crippen LogP) is 2.60. The summed E-state index contributed by atoms with van der Waals surface area (Å²) >= 11 is 0. The summed E-state index contributed by atoms with van der Waals surface area (Å²) in [6.45, 7) is 1.87. The van der Waals surface area contributed by atoms with Crippen molar-refractivity contribution < 1.29 is 9.18 Å². The van der Waals surface area contributed by atoms with E-state index in [0.29, 0.717) is 17.7 Å². The highest BCUT2D eigenvalue weighted by atomic mass is 19.1. The molecule has 2 rings (SSSR count). The molecule has 0 bridgehead atoms. The lowest BCUT2D eigenvalue weighted by Gasteiger charge is -2.16. The molecule has 0 aliphatic carbocycles. The Morgan fingerprint density at radius 2 is 2.14 bits per heavy atom. The minimum absolute atomic E-state index is 0.246. The van der Waals surface area contributed by atoms with E-state index in [0.717, 1.165) is 0 Å². The fourth-order valence-electron chi connectivity index (χ4n) is 1.87. The number of carbonyl (C=O) groups is 1. The number of alkyl halides is 1.